The van der Waals surface area contributed by atoms with Crippen molar-refractivity contribution in [1.82, 2.24) is 15.5 Å². The number of halogens is 4. The Hall–Kier alpha value is -0.820. The Morgan fingerprint density at radius 2 is 1.96 bits per heavy atom. The van der Waals surface area contributed by atoms with E-state index in [1.54, 1.807) is 0 Å². The molecule has 1 fully saturated rings. The van der Waals surface area contributed by atoms with Gasteiger partial charge in [-0.15, -0.1) is 24.0 Å². The van der Waals surface area contributed by atoms with Crippen LogP contribution in [0.4, 0.5) is 13.2 Å². The third-order valence-electron chi connectivity index (χ3n) is 4.01. The molecule has 0 bridgehead atoms. The zero-order chi connectivity index (χ0) is 20.1. The van der Waals surface area contributed by atoms with Crippen LogP contribution in [0.1, 0.15) is 26.2 Å². The molecule has 0 radical (unpaired) electrons. The van der Waals surface area contributed by atoms with E-state index in [2.05, 4.69) is 15.6 Å². The number of likely N-dealkylation sites (N-methyl/N-ethyl adjacent to an activating group) is 1. The van der Waals surface area contributed by atoms with Gasteiger partial charge in [0.25, 0.3) is 0 Å². The van der Waals surface area contributed by atoms with Gasteiger partial charge in [0.1, 0.15) is 13.1 Å². The number of alkyl halides is 3. The molecule has 1 heterocycles. The fourth-order valence-corrected chi connectivity index (χ4v) is 2.51. The van der Waals surface area contributed by atoms with E-state index in [0.29, 0.717) is 36.5 Å². The van der Waals surface area contributed by atoms with Crippen molar-refractivity contribution in [3.63, 3.8) is 0 Å². The maximum Gasteiger partial charge on any atom is 0.406 e. The highest BCUT2D eigenvalue weighted by atomic mass is 127. The minimum atomic E-state index is -4.42. The van der Waals surface area contributed by atoms with Crippen LogP contribution in [0.5, 0.6) is 0 Å². The van der Waals surface area contributed by atoms with E-state index in [1.807, 2.05) is 6.92 Å². The fraction of sp³-hybridized carbons (Fsp3) is 0.882. The highest BCUT2D eigenvalue weighted by Gasteiger charge is 2.31. The van der Waals surface area contributed by atoms with Gasteiger partial charge in [0, 0.05) is 46.6 Å². The third-order valence-corrected chi connectivity index (χ3v) is 4.01. The number of amides is 1. The van der Waals surface area contributed by atoms with Crippen molar-refractivity contribution in [3.05, 3.63) is 0 Å². The lowest BCUT2D eigenvalue weighted by Crippen LogP contribution is -2.40. The molecule has 0 unspecified atom stereocenters. The zero-order valence-corrected chi connectivity index (χ0v) is 18.8. The number of rotatable bonds is 10. The molecular weight excluding hydrogens is 492 g/mol. The van der Waals surface area contributed by atoms with Gasteiger partial charge in [0.2, 0.25) is 5.91 Å². The number of carbonyl (C=O) groups is 1. The molecule has 1 amide bonds. The van der Waals surface area contributed by atoms with Crippen LogP contribution in [0.2, 0.25) is 0 Å². The lowest BCUT2D eigenvalue weighted by molar-refractivity contribution is -0.157. The predicted octanol–water partition coefficient (Wildman–Crippen LogP) is 2.01. The summed E-state index contributed by atoms with van der Waals surface area (Å²) in [6.07, 6.45) is -1.59. The van der Waals surface area contributed by atoms with Gasteiger partial charge in [0.05, 0.1) is 0 Å². The normalized spacial score (nSPS) is 15.7. The number of nitrogens with one attached hydrogen (secondary N) is 2. The number of carbonyl (C=O) groups excluding carboxylic acids is 1. The molecule has 1 aliphatic heterocycles. The lowest BCUT2D eigenvalue weighted by atomic mass is 10.0. The quantitative estimate of drug-likeness (QED) is 0.198. The summed E-state index contributed by atoms with van der Waals surface area (Å²) in [5, 5.41) is 6.01. The largest absolute Gasteiger partial charge is 0.406 e. The Balaban J connectivity index is 0.00000729. The first-order valence-electron chi connectivity index (χ1n) is 9.30. The molecule has 0 aromatic rings. The molecule has 11 heteroatoms. The molecule has 1 rings (SSSR count). The van der Waals surface area contributed by atoms with Gasteiger partial charge in [-0.1, -0.05) is 0 Å². The van der Waals surface area contributed by atoms with Crippen molar-refractivity contribution in [2.75, 3.05) is 59.7 Å². The number of hydrogen-bond acceptors (Lipinski definition) is 4. The minimum Gasteiger partial charge on any atom is -0.381 e. The number of hydrogen-bond donors (Lipinski definition) is 2. The second-order valence-electron chi connectivity index (χ2n) is 6.47. The summed E-state index contributed by atoms with van der Waals surface area (Å²) >= 11 is 0. The van der Waals surface area contributed by atoms with Crippen LogP contribution in [0, 0.1) is 5.92 Å². The van der Waals surface area contributed by atoms with Crippen LogP contribution in [0.3, 0.4) is 0 Å². The molecule has 0 aromatic heterocycles. The summed E-state index contributed by atoms with van der Waals surface area (Å²) in [6, 6.07) is 0. The zero-order valence-electron chi connectivity index (χ0n) is 16.5. The van der Waals surface area contributed by atoms with E-state index in [-0.39, 0.29) is 30.5 Å². The summed E-state index contributed by atoms with van der Waals surface area (Å²) in [5.41, 5.74) is 0. The molecule has 166 valence electrons. The second-order valence-corrected chi connectivity index (χ2v) is 6.47. The Morgan fingerprint density at radius 3 is 2.57 bits per heavy atom. The average Bonchev–Trinajstić information content (AvgIpc) is 2.61. The van der Waals surface area contributed by atoms with Crippen LogP contribution in [0.15, 0.2) is 4.99 Å². The van der Waals surface area contributed by atoms with E-state index >= 15 is 0 Å². The van der Waals surface area contributed by atoms with Gasteiger partial charge in [0.15, 0.2) is 5.96 Å². The fourth-order valence-electron chi connectivity index (χ4n) is 2.51. The summed E-state index contributed by atoms with van der Waals surface area (Å²) < 4.78 is 47.9. The van der Waals surface area contributed by atoms with Crippen LogP contribution in [-0.4, -0.2) is 82.6 Å². The summed E-state index contributed by atoms with van der Waals surface area (Å²) in [4.78, 5) is 16.4. The monoisotopic (exact) mass is 524 g/mol. The topological polar surface area (TPSA) is 75.2 Å². The molecule has 7 nitrogen and oxygen atoms in total. The van der Waals surface area contributed by atoms with E-state index in [4.69, 9.17) is 9.47 Å². The SMILES string of the molecule is CCNC(=NCC(=O)N(C)CC(F)(F)F)NCCCOCC1CCOCC1.I. The number of aliphatic imine (C=N–C) groups is 1. The van der Waals surface area contributed by atoms with Crippen molar-refractivity contribution in [2.24, 2.45) is 10.9 Å². The maximum absolute atomic E-state index is 12.3. The Morgan fingerprint density at radius 1 is 1.29 bits per heavy atom. The Bertz CT molecular complexity index is 461. The third kappa shape index (κ3) is 13.4. The molecule has 0 aromatic carbocycles. The molecule has 0 saturated carbocycles. The van der Waals surface area contributed by atoms with Gasteiger partial charge in [-0.2, -0.15) is 13.2 Å². The smallest absolute Gasteiger partial charge is 0.381 e. The first-order valence-corrected chi connectivity index (χ1v) is 9.30. The van der Waals surface area contributed by atoms with E-state index in [9.17, 15) is 18.0 Å². The van der Waals surface area contributed by atoms with Crippen molar-refractivity contribution < 1.29 is 27.4 Å². The van der Waals surface area contributed by atoms with Crippen molar-refractivity contribution in [1.29, 1.82) is 0 Å². The van der Waals surface area contributed by atoms with Gasteiger partial charge >= 0.3 is 6.18 Å². The summed E-state index contributed by atoms with van der Waals surface area (Å²) in [5.74, 6) is 0.269. The molecule has 1 saturated heterocycles. The van der Waals surface area contributed by atoms with Gasteiger partial charge in [-0.25, -0.2) is 4.99 Å². The van der Waals surface area contributed by atoms with Gasteiger partial charge in [-0.3, -0.25) is 4.79 Å². The minimum absolute atomic E-state index is 0. The van der Waals surface area contributed by atoms with Gasteiger partial charge in [-0.05, 0) is 32.1 Å². The second kappa shape index (κ2) is 15.1. The van der Waals surface area contributed by atoms with Crippen LogP contribution in [0.25, 0.3) is 0 Å². The van der Waals surface area contributed by atoms with Crippen LogP contribution >= 0.6 is 24.0 Å². The molecule has 1 aliphatic rings. The molecule has 2 N–H and O–H groups in total. The average molecular weight is 524 g/mol. The van der Waals surface area contributed by atoms with Crippen LogP contribution in [-0.2, 0) is 14.3 Å². The van der Waals surface area contributed by atoms with E-state index in [1.165, 1.54) is 0 Å². The molecule has 0 atom stereocenters. The molecule has 28 heavy (non-hydrogen) atoms. The Kier molecular flexibility index (Phi) is 14.6. The maximum atomic E-state index is 12.3. The number of ether oxygens (including phenoxy) is 2. The lowest BCUT2D eigenvalue weighted by Gasteiger charge is -2.21. The van der Waals surface area contributed by atoms with Gasteiger partial charge < -0.3 is 25.0 Å². The summed E-state index contributed by atoms with van der Waals surface area (Å²) in [7, 11) is 1.11. The first kappa shape index (κ1) is 27.2. The van der Waals surface area contributed by atoms with Crippen LogP contribution < -0.4 is 10.6 Å². The molecular formula is C17H32F3IN4O3. The predicted molar refractivity (Wildman–Crippen MR) is 112 cm³/mol. The van der Waals surface area contributed by atoms with Crippen molar-refractivity contribution >= 4 is 35.8 Å². The van der Waals surface area contributed by atoms with E-state index in [0.717, 1.165) is 46.1 Å². The summed E-state index contributed by atoms with van der Waals surface area (Å²) in [6.45, 7) is 4.35. The highest BCUT2D eigenvalue weighted by Crippen LogP contribution is 2.15. The number of guanidine groups is 1. The van der Waals surface area contributed by atoms with Crippen molar-refractivity contribution in [2.45, 2.75) is 32.4 Å². The van der Waals surface area contributed by atoms with Crippen molar-refractivity contribution in [3.8, 4) is 0 Å². The highest BCUT2D eigenvalue weighted by molar-refractivity contribution is 14.0. The Labute approximate surface area is 181 Å². The van der Waals surface area contributed by atoms with E-state index < -0.39 is 18.6 Å². The first-order chi connectivity index (χ1) is 12.8. The number of nitrogens with zero attached hydrogens (tertiary/aromatic N) is 2. The molecule has 0 aliphatic carbocycles. The molecule has 0 spiro atoms. The standard InChI is InChI=1S/C17H31F3N4O3.HI/c1-3-21-16(23-11-15(25)24(2)13-17(18,19)20)22-7-4-8-27-12-14-5-9-26-10-6-14;/h14H,3-13H2,1-2H3,(H2,21,22,23);1H.